The van der Waals surface area contributed by atoms with Crippen molar-refractivity contribution in [3.63, 3.8) is 0 Å². The molecule has 2 bridgehead atoms. The average molecular weight is 576 g/mol. The van der Waals surface area contributed by atoms with Crippen LogP contribution in [-0.4, -0.2) is 23.9 Å². The molecule has 39 heavy (non-hydrogen) atoms. The number of amides is 3. The molecule has 0 unspecified atom stereocenters. The molecule has 7 heteroatoms. The van der Waals surface area contributed by atoms with Gasteiger partial charge in [-0.15, -0.1) is 0 Å². The fourth-order valence-corrected chi connectivity index (χ4v) is 7.01. The van der Waals surface area contributed by atoms with Crippen molar-refractivity contribution in [2.75, 3.05) is 4.90 Å². The zero-order chi connectivity index (χ0) is 26.7. The Kier molecular flexibility index (Phi) is 5.39. The highest BCUT2D eigenvalue weighted by Gasteiger charge is 2.68. The van der Waals surface area contributed by atoms with Crippen LogP contribution in [0.15, 0.2) is 113 Å². The summed E-state index contributed by atoms with van der Waals surface area (Å²) >= 11 is 3.44. The summed E-state index contributed by atoms with van der Waals surface area (Å²) in [6.07, 6.45) is 1.68. The maximum absolute atomic E-state index is 14.3. The van der Waals surface area contributed by atoms with Gasteiger partial charge in [0.1, 0.15) is 0 Å². The molecule has 8 rings (SSSR count). The molecule has 1 fully saturated rings. The smallest absolute Gasteiger partial charge is 0.271 e. The Balaban J connectivity index is 1.41. The number of rotatable bonds is 4. The second kappa shape index (κ2) is 8.85. The number of carbonyl (C=O) groups is 3. The molecule has 4 aromatic rings. The number of halogens is 1. The van der Waals surface area contributed by atoms with E-state index in [0.717, 1.165) is 26.7 Å². The lowest BCUT2D eigenvalue weighted by molar-refractivity contribution is -0.122. The first-order chi connectivity index (χ1) is 19.0. The Morgan fingerprint density at radius 1 is 0.795 bits per heavy atom. The lowest BCUT2D eigenvalue weighted by atomic mass is 9.47. The minimum atomic E-state index is -1.03. The Hall–Kier alpha value is -4.36. The van der Waals surface area contributed by atoms with E-state index in [1.165, 1.54) is 4.90 Å². The van der Waals surface area contributed by atoms with Crippen LogP contribution in [0.4, 0.5) is 5.69 Å². The number of carbonyl (C=O) groups excluding carboxylic acids is 3. The molecule has 4 aliphatic rings. The second-order valence-electron chi connectivity index (χ2n) is 10.1. The van der Waals surface area contributed by atoms with E-state index in [-0.39, 0.29) is 23.6 Å². The first-order valence-corrected chi connectivity index (χ1v) is 13.5. The zero-order valence-corrected chi connectivity index (χ0v) is 22.2. The van der Waals surface area contributed by atoms with Crippen LogP contribution in [-0.2, 0) is 15.0 Å². The van der Waals surface area contributed by atoms with Crippen LogP contribution in [0.25, 0.3) is 0 Å². The Bertz CT molecular complexity index is 1640. The van der Waals surface area contributed by atoms with E-state index >= 15 is 0 Å². The van der Waals surface area contributed by atoms with E-state index in [2.05, 4.69) is 26.5 Å². The Morgan fingerprint density at radius 3 is 2.03 bits per heavy atom. The van der Waals surface area contributed by atoms with E-state index in [4.69, 9.17) is 0 Å². The molecule has 0 radical (unpaired) electrons. The molecule has 1 aliphatic heterocycles. The van der Waals surface area contributed by atoms with Crippen LogP contribution >= 0.6 is 15.9 Å². The van der Waals surface area contributed by atoms with Crippen LogP contribution in [0.2, 0.25) is 0 Å². The third-order valence-electron chi connectivity index (χ3n) is 8.24. The van der Waals surface area contributed by atoms with E-state index < -0.39 is 17.3 Å². The molecule has 0 saturated carbocycles. The summed E-state index contributed by atoms with van der Waals surface area (Å²) in [6.45, 7) is 0. The standard InChI is InChI=1S/C32H22BrN3O3/c33-20-14-16-21(17-15-20)36-30(38)27-26-22-10-4-6-12-24(22)32(28(27)31(36)39,25-13-7-5-11-23(25)26)18-34-35-29(37)19-8-2-1-3-9-19/h1-18,26-28H,(H,35,37)/b34-18-/t26?,27-,28-,32?/m1/s1. The number of hydrogen-bond donors (Lipinski definition) is 1. The normalized spacial score (nSPS) is 24.4. The predicted octanol–water partition coefficient (Wildman–Crippen LogP) is 5.42. The minimum Gasteiger partial charge on any atom is -0.274 e. The van der Waals surface area contributed by atoms with Gasteiger partial charge in [0, 0.05) is 22.2 Å². The van der Waals surface area contributed by atoms with Crippen molar-refractivity contribution in [1.82, 2.24) is 5.43 Å². The van der Waals surface area contributed by atoms with Crippen molar-refractivity contribution >= 4 is 45.6 Å². The highest BCUT2D eigenvalue weighted by atomic mass is 79.9. The van der Waals surface area contributed by atoms with Gasteiger partial charge in [0.25, 0.3) is 5.91 Å². The van der Waals surface area contributed by atoms with Gasteiger partial charge in [-0.3, -0.25) is 14.4 Å². The van der Waals surface area contributed by atoms with Gasteiger partial charge in [0.2, 0.25) is 11.8 Å². The SMILES string of the molecule is O=C(N/N=C\C12c3ccccc3C(c3ccccc31)[C@H]1C(=O)N(c3ccc(Br)cc3)C(=O)[C@@H]12)c1ccccc1. The third kappa shape index (κ3) is 3.32. The van der Waals surface area contributed by atoms with Crippen molar-refractivity contribution < 1.29 is 14.4 Å². The van der Waals surface area contributed by atoms with Gasteiger partial charge in [-0.25, -0.2) is 10.3 Å². The molecule has 3 amide bonds. The van der Waals surface area contributed by atoms with Crippen molar-refractivity contribution in [2.45, 2.75) is 11.3 Å². The number of hydrazone groups is 1. The lowest BCUT2D eigenvalue weighted by Crippen LogP contribution is -2.54. The quantitative estimate of drug-likeness (QED) is 0.200. The van der Waals surface area contributed by atoms with Crippen molar-refractivity contribution in [1.29, 1.82) is 0 Å². The van der Waals surface area contributed by atoms with E-state index in [0.29, 0.717) is 11.3 Å². The molecule has 0 aromatic heterocycles. The van der Waals surface area contributed by atoms with E-state index in [1.54, 1.807) is 42.6 Å². The zero-order valence-electron chi connectivity index (χ0n) is 20.6. The molecule has 1 heterocycles. The molecule has 2 atom stereocenters. The summed E-state index contributed by atoms with van der Waals surface area (Å²) in [7, 11) is 0. The number of benzene rings is 4. The number of nitrogens with one attached hydrogen (secondary N) is 1. The summed E-state index contributed by atoms with van der Waals surface area (Å²) in [5.41, 5.74) is 6.54. The van der Waals surface area contributed by atoms with Gasteiger partial charge >= 0.3 is 0 Å². The van der Waals surface area contributed by atoms with Gasteiger partial charge in [-0.2, -0.15) is 5.10 Å². The van der Waals surface area contributed by atoms with E-state index in [9.17, 15) is 14.4 Å². The lowest BCUT2D eigenvalue weighted by Gasteiger charge is -2.52. The van der Waals surface area contributed by atoms with Crippen molar-refractivity contribution in [3.05, 3.63) is 135 Å². The first-order valence-electron chi connectivity index (χ1n) is 12.7. The number of imide groups is 1. The summed E-state index contributed by atoms with van der Waals surface area (Å²) < 4.78 is 0.861. The third-order valence-corrected chi connectivity index (χ3v) is 8.77. The second-order valence-corrected chi connectivity index (χ2v) is 11.0. The molecular weight excluding hydrogens is 554 g/mol. The molecule has 4 aromatic carbocycles. The van der Waals surface area contributed by atoms with Crippen LogP contribution in [0.1, 0.15) is 38.5 Å². The Labute approximate surface area is 233 Å². The van der Waals surface area contributed by atoms with Gasteiger partial charge in [0.15, 0.2) is 0 Å². The summed E-state index contributed by atoms with van der Waals surface area (Å²) in [6, 6.07) is 32.0. The highest BCUT2D eigenvalue weighted by molar-refractivity contribution is 9.10. The molecule has 0 spiro atoms. The first kappa shape index (κ1) is 23.7. The fraction of sp³-hybridized carbons (Fsp3) is 0.125. The monoisotopic (exact) mass is 575 g/mol. The molecular formula is C32H22BrN3O3. The number of anilines is 1. The number of hydrogen-bond acceptors (Lipinski definition) is 4. The maximum atomic E-state index is 14.3. The molecule has 6 nitrogen and oxygen atoms in total. The maximum Gasteiger partial charge on any atom is 0.271 e. The predicted molar refractivity (Wildman–Crippen MR) is 152 cm³/mol. The van der Waals surface area contributed by atoms with Gasteiger partial charge in [0.05, 0.1) is 22.9 Å². The van der Waals surface area contributed by atoms with Crippen LogP contribution < -0.4 is 10.3 Å². The minimum absolute atomic E-state index is 0.215. The van der Waals surface area contributed by atoms with Crippen molar-refractivity contribution in [3.8, 4) is 0 Å². The van der Waals surface area contributed by atoms with Crippen LogP contribution in [0.5, 0.6) is 0 Å². The fourth-order valence-electron chi connectivity index (χ4n) is 6.74. The summed E-state index contributed by atoms with van der Waals surface area (Å²) in [4.78, 5) is 42.6. The van der Waals surface area contributed by atoms with Gasteiger partial charge < -0.3 is 0 Å². The summed E-state index contributed by atoms with van der Waals surface area (Å²) in [5.74, 6) is -2.39. The van der Waals surface area contributed by atoms with Crippen LogP contribution in [0, 0.1) is 11.8 Å². The molecule has 3 aliphatic carbocycles. The van der Waals surface area contributed by atoms with Crippen molar-refractivity contribution in [2.24, 2.45) is 16.9 Å². The van der Waals surface area contributed by atoms with Crippen LogP contribution in [0.3, 0.4) is 0 Å². The highest BCUT2D eigenvalue weighted by Crippen LogP contribution is 2.63. The molecule has 1 saturated heterocycles. The van der Waals surface area contributed by atoms with Gasteiger partial charge in [-0.1, -0.05) is 82.7 Å². The Morgan fingerprint density at radius 2 is 1.38 bits per heavy atom. The largest absolute Gasteiger partial charge is 0.274 e. The van der Waals surface area contributed by atoms with Gasteiger partial charge in [-0.05, 0) is 58.7 Å². The molecule has 190 valence electrons. The average Bonchev–Trinajstić information content (AvgIpc) is 3.25. The number of nitrogens with zero attached hydrogens (tertiary/aromatic N) is 2. The summed E-state index contributed by atoms with van der Waals surface area (Å²) in [5, 5.41) is 4.45. The molecule has 1 N–H and O–H groups in total. The van der Waals surface area contributed by atoms with E-state index in [1.807, 2.05) is 66.7 Å². The topological polar surface area (TPSA) is 78.8 Å².